The zero-order chi connectivity index (χ0) is 19.6. The van der Waals surface area contributed by atoms with E-state index in [2.05, 4.69) is 6.92 Å². The van der Waals surface area contributed by atoms with Crippen LogP contribution in [0, 0.1) is 0 Å². The van der Waals surface area contributed by atoms with E-state index in [0.29, 0.717) is 5.56 Å². The van der Waals surface area contributed by atoms with Gasteiger partial charge >= 0.3 is 29.6 Å². The second-order valence-electron chi connectivity index (χ2n) is 7.55. The van der Waals surface area contributed by atoms with Gasteiger partial charge in [-0.15, -0.1) is 0 Å². The van der Waals surface area contributed by atoms with Crippen molar-refractivity contribution >= 4 is 35.3 Å². The molecule has 0 saturated carbocycles. The van der Waals surface area contributed by atoms with Crippen molar-refractivity contribution in [2.75, 3.05) is 13.2 Å². The van der Waals surface area contributed by atoms with Crippen molar-refractivity contribution in [3.8, 4) is 5.75 Å². The van der Waals surface area contributed by atoms with E-state index in [-0.39, 0.29) is 35.3 Å². The van der Waals surface area contributed by atoms with Crippen LogP contribution in [0.1, 0.15) is 107 Å². The van der Waals surface area contributed by atoms with E-state index in [1.165, 1.54) is 83.5 Å². The number of rotatable bonds is 18. The molecule has 0 atom stereocenters. The summed E-state index contributed by atoms with van der Waals surface area (Å²) in [5.41, 5.74) is 0.529. The molecular formula is C24H41NaO3. The first-order valence-corrected chi connectivity index (χ1v) is 11.1. The Balaban J connectivity index is 0.00000729. The van der Waals surface area contributed by atoms with Crippen LogP contribution in [0.4, 0.5) is 0 Å². The SMILES string of the molecule is CCCCCCCCCCCCCCCCOc1ccc(C(=O)CO)cc1.[NaH]. The van der Waals surface area contributed by atoms with Gasteiger partial charge in [-0.05, 0) is 30.7 Å². The number of carbonyl (C=O) groups is 1. The quantitative estimate of drug-likeness (QED) is 0.185. The van der Waals surface area contributed by atoms with Gasteiger partial charge in [-0.2, -0.15) is 0 Å². The first-order valence-electron chi connectivity index (χ1n) is 11.1. The van der Waals surface area contributed by atoms with Gasteiger partial charge in [0.2, 0.25) is 0 Å². The van der Waals surface area contributed by atoms with Crippen LogP contribution in [0.15, 0.2) is 24.3 Å². The summed E-state index contributed by atoms with van der Waals surface area (Å²) >= 11 is 0. The molecule has 0 saturated heterocycles. The zero-order valence-electron chi connectivity index (χ0n) is 17.4. The Morgan fingerprint density at radius 2 is 1.18 bits per heavy atom. The summed E-state index contributed by atoms with van der Waals surface area (Å²) in [7, 11) is 0. The summed E-state index contributed by atoms with van der Waals surface area (Å²) < 4.78 is 5.71. The molecule has 3 nitrogen and oxygen atoms in total. The molecular weight excluding hydrogens is 359 g/mol. The number of hydrogen-bond donors (Lipinski definition) is 1. The van der Waals surface area contributed by atoms with E-state index in [0.717, 1.165) is 18.8 Å². The molecule has 0 spiro atoms. The standard InChI is InChI=1S/C24H40O3.Na.H/c1-2-3-4-5-6-7-8-9-10-11-12-13-14-15-20-27-23-18-16-22(17-19-23)24(26)21-25;;/h16-19,25H,2-15,20-21H2,1H3;;. The molecule has 4 heteroatoms. The van der Waals surface area contributed by atoms with Crippen molar-refractivity contribution in [1.29, 1.82) is 0 Å². The number of aliphatic hydroxyl groups is 1. The molecule has 0 amide bonds. The average Bonchev–Trinajstić information content (AvgIpc) is 2.70. The van der Waals surface area contributed by atoms with Gasteiger partial charge in [-0.1, -0.05) is 90.4 Å². The number of Topliss-reactive ketones (excluding diaryl/α,β-unsaturated/α-hetero) is 1. The molecule has 1 aromatic rings. The Bertz CT molecular complexity index is 473. The topological polar surface area (TPSA) is 46.5 Å². The molecule has 0 bridgehead atoms. The molecule has 1 rings (SSSR count). The Morgan fingerprint density at radius 1 is 0.750 bits per heavy atom. The van der Waals surface area contributed by atoms with Gasteiger partial charge in [0.1, 0.15) is 12.4 Å². The van der Waals surface area contributed by atoms with Crippen LogP contribution in [-0.4, -0.2) is 53.7 Å². The third-order valence-corrected chi connectivity index (χ3v) is 5.09. The number of unbranched alkanes of at least 4 members (excludes halogenated alkanes) is 13. The fraction of sp³-hybridized carbons (Fsp3) is 0.708. The molecule has 156 valence electrons. The van der Waals surface area contributed by atoms with E-state index in [1.807, 2.05) is 0 Å². The maximum absolute atomic E-state index is 11.3. The van der Waals surface area contributed by atoms with Gasteiger partial charge in [0.25, 0.3) is 0 Å². The molecule has 0 heterocycles. The van der Waals surface area contributed by atoms with Crippen LogP contribution >= 0.6 is 0 Å². The molecule has 0 fully saturated rings. The van der Waals surface area contributed by atoms with Gasteiger partial charge in [0, 0.05) is 5.56 Å². The van der Waals surface area contributed by atoms with E-state index in [9.17, 15) is 4.79 Å². The minimum absolute atomic E-state index is 0. The summed E-state index contributed by atoms with van der Waals surface area (Å²) in [4.78, 5) is 11.3. The zero-order valence-corrected chi connectivity index (χ0v) is 17.4. The Morgan fingerprint density at radius 3 is 1.61 bits per heavy atom. The van der Waals surface area contributed by atoms with Crippen molar-refractivity contribution in [1.82, 2.24) is 0 Å². The predicted molar refractivity (Wildman–Crippen MR) is 121 cm³/mol. The van der Waals surface area contributed by atoms with Crippen molar-refractivity contribution in [2.45, 2.75) is 96.8 Å². The molecule has 0 radical (unpaired) electrons. The Kier molecular flexibility index (Phi) is 19.7. The molecule has 28 heavy (non-hydrogen) atoms. The molecule has 1 N–H and O–H groups in total. The third-order valence-electron chi connectivity index (χ3n) is 5.09. The summed E-state index contributed by atoms with van der Waals surface area (Å²) in [6.45, 7) is 2.56. The maximum atomic E-state index is 11.3. The van der Waals surface area contributed by atoms with Crippen LogP contribution in [0.3, 0.4) is 0 Å². The van der Waals surface area contributed by atoms with Crippen molar-refractivity contribution in [3.63, 3.8) is 0 Å². The number of ketones is 1. The molecule has 0 aliphatic heterocycles. The van der Waals surface area contributed by atoms with Crippen LogP contribution in [0.2, 0.25) is 0 Å². The predicted octanol–water partition coefficient (Wildman–Crippen LogP) is 6.07. The number of carbonyl (C=O) groups excluding carboxylic acids is 1. The summed E-state index contributed by atoms with van der Waals surface area (Å²) in [5, 5.41) is 8.83. The second kappa shape index (κ2) is 19.9. The van der Waals surface area contributed by atoms with Gasteiger partial charge < -0.3 is 9.84 Å². The molecule has 0 unspecified atom stereocenters. The average molecular weight is 401 g/mol. The Hall–Kier alpha value is -0.350. The fourth-order valence-electron chi connectivity index (χ4n) is 3.31. The third kappa shape index (κ3) is 14.6. The van der Waals surface area contributed by atoms with Gasteiger partial charge in [0.15, 0.2) is 5.78 Å². The summed E-state index contributed by atoms with van der Waals surface area (Å²) in [6.07, 6.45) is 19.0. The van der Waals surface area contributed by atoms with Crippen LogP contribution in [-0.2, 0) is 0 Å². The second-order valence-corrected chi connectivity index (χ2v) is 7.55. The normalized spacial score (nSPS) is 10.5. The first-order chi connectivity index (χ1) is 13.3. The van der Waals surface area contributed by atoms with Gasteiger partial charge in [-0.25, -0.2) is 0 Å². The molecule has 1 aromatic carbocycles. The van der Waals surface area contributed by atoms with Crippen LogP contribution in [0.5, 0.6) is 5.75 Å². The minimum atomic E-state index is -0.445. The summed E-state index contributed by atoms with van der Waals surface area (Å²) in [6, 6.07) is 7.01. The number of aliphatic hydroxyl groups excluding tert-OH is 1. The van der Waals surface area contributed by atoms with E-state index >= 15 is 0 Å². The molecule has 0 aromatic heterocycles. The van der Waals surface area contributed by atoms with Crippen molar-refractivity contribution < 1.29 is 14.6 Å². The molecule has 0 aliphatic rings. The van der Waals surface area contributed by atoms with E-state index in [1.54, 1.807) is 24.3 Å². The summed E-state index contributed by atoms with van der Waals surface area (Å²) in [5.74, 6) is 0.535. The van der Waals surface area contributed by atoms with Crippen molar-refractivity contribution in [2.24, 2.45) is 0 Å². The number of benzene rings is 1. The van der Waals surface area contributed by atoms with Gasteiger partial charge in [-0.3, -0.25) is 4.79 Å². The number of ether oxygens (including phenoxy) is 1. The van der Waals surface area contributed by atoms with E-state index < -0.39 is 6.61 Å². The van der Waals surface area contributed by atoms with E-state index in [4.69, 9.17) is 9.84 Å². The van der Waals surface area contributed by atoms with Crippen LogP contribution < -0.4 is 4.74 Å². The number of hydrogen-bond acceptors (Lipinski definition) is 3. The van der Waals surface area contributed by atoms with Crippen LogP contribution in [0.25, 0.3) is 0 Å². The van der Waals surface area contributed by atoms with Crippen molar-refractivity contribution in [3.05, 3.63) is 29.8 Å². The monoisotopic (exact) mass is 400 g/mol. The first kappa shape index (κ1) is 27.6. The van der Waals surface area contributed by atoms with Gasteiger partial charge in [0.05, 0.1) is 6.61 Å². The fourth-order valence-corrected chi connectivity index (χ4v) is 3.31. The molecule has 0 aliphatic carbocycles. The Labute approximate surface area is 194 Å².